The van der Waals surface area contributed by atoms with E-state index >= 15 is 0 Å². The van der Waals surface area contributed by atoms with Crippen molar-refractivity contribution in [2.75, 3.05) is 11.9 Å². The largest absolute Gasteiger partial charge is 0.504 e. The molecule has 4 nitrogen and oxygen atoms in total. The van der Waals surface area contributed by atoms with Gasteiger partial charge < -0.3 is 15.5 Å². The van der Waals surface area contributed by atoms with Crippen molar-refractivity contribution in [3.05, 3.63) is 23.8 Å². The summed E-state index contributed by atoms with van der Waals surface area (Å²) in [5, 5.41) is 22.7. The van der Waals surface area contributed by atoms with E-state index in [4.69, 9.17) is 0 Å². The smallest absolute Gasteiger partial charge is 0.220 e. The van der Waals surface area contributed by atoms with Crippen LogP contribution in [0.2, 0.25) is 0 Å². The van der Waals surface area contributed by atoms with Crippen molar-refractivity contribution >= 4 is 21.8 Å². The fraction of sp³-hybridized carbons (Fsp3) is 0.632. The molecule has 0 spiro atoms. The van der Waals surface area contributed by atoms with Gasteiger partial charge in [-0.3, -0.25) is 4.79 Å². The van der Waals surface area contributed by atoms with E-state index in [1.165, 1.54) is 50.7 Å². The summed E-state index contributed by atoms with van der Waals surface area (Å²) in [4.78, 5) is 11.8. The highest BCUT2D eigenvalue weighted by molar-refractivity contribution is 9.09. The van der Waals surface area contributed by atoms with Crippen molar-refractivity contribution in [2.45, 2.75) is 64.2 Å². The molecule has 0 radical (unpaired) electrons. The first-order valence-corrected chi connectivity index (χ1v) is 10.1. The normalized spacial score (nSPS) is 10.7. The second-order valence-electron chi connectivity index (χ2n) is 6.19. The Hall–Kier alpha value is -1.23. The minimum absolute atomic E-state index is 0.0929. The summed E-state index contributed by atoms with van der Waals surface area (Å²) in [7, 11) is 0. The molecule has 1 amide bonds. The van der Waals surface area contributed by atoms with E-state index in [9.17, 15) is 15.0 Å². The number of rotatable bonds is 13. The van der Waals surface area contributed by atoms with Crippen LogP contribution in [0.3, 0.4) is 0 Å². The van der Waals surface area contributed by atoms with Crippen LogP contribution in [-0.2, 0) is 11.2 Å². The fourth-order valence-corrected chi connectivity index (χ4v) is 3.00. The molecule has 1 aromatic rings. The zero-order valence-corrected chi connectivity index (χ0v) is 16.0. The molecular formula is C19H30BrNO3. The molecule has 5 heteroatoms. The lowest BCUT2D eigenvalue weighted by atomic mass is 10.1. The van der Waals surface area contributed by atoms with Crippen LogP contribution in [0.25, 0.3) is 0 Å². The minimum atomic E-state index is -0.120. The maximum absolute atomic E-state index is 11.8. The lowest BCUT2D eigenvalue weighted by Gasteiger charge is -2.06. The van der Waals surface area contributed by atoms with Crippen molar-refractivity contribution in [1.29, 1.82) is 0 Å². The highest BCUT2D eigenvalue weighted by Gasteiger charge is 2.03. The number of carbonyl (C=O) groups is 1. The lowest BCUT2D eigenvalue weighted by Crippen LogP contribution is -2.25. The van der Waals surface area contributed by atoms with Gasteiger partial charge in [0.1, 0.15) is 0 Å². The van der Waals surface area contributed by atoms with Gasteiger partial charge in [-0.1, -0.05) is 60.5 Å². The number of halogens is 1. The van der Waals surface area contributed by atoms with Crippen LogP contribution in [0.15, 0.2) is 18.2 Å². The zero-order valence-electron chi connectivity index (χ0n) is 14.4. The molecule has 24 heavy (non-hydrogen) atoms. The zero-order chi connectivity index (χ0) is 17.6. The molecule has 0 aliphatic heterocycles. The summed E-state index contributed by atoms with van der Waals surface area (Å²) in [6.07, 6.45) is 11.0. The number of amides is 1. The number of phenolic OH excluding ortho intramolecular Hbond substituents is 2. The number of alkyl halides is 1. The van der Waals surface area contributed by atoms with Gasteiger partial charge >= 0.3 is 0 Å². The predicted octanol–water partition coefficient (Wildman–Crippen LogP) is 4.66. The maximum atomic E-state index is 11.8. The summed E-state index contributed by atoms with van der Waals surface area (Å²) < 4.78 is 0. The summed E-state index contributed by atoms with van der Waals surface area (Å²) in [6, 6.07) is 4.74. The predicted molar refractivity (Wildman–Crippen MR) is 102 cm³/mol. The average molecular weight is 400 g/mol. The monoisotopic (exact) mass is 399 g/mol. The summed E-state index contributed by atoms with van der Waals surface area (Å²) in [6.45, 7) is 0.552. The molecule has 0 atom stereocenters. The van der Waals surface area contributed by atoms with Crippen molar-refractivity contribution in [3.63, 3.8) is 0 Å². The van der Waals surface area contributed by atoms with E-state index in [1.807, 2.05) is 0 Å². The summed E-state index contributed by atoms with van der Waals surface area (Å²) >= 11 is 3.44. The molecule has 0 unspecified atom stereocenters. The van der Waals surface area contributed by atoms with Crippen LogP contribution in [-0.4, -0.2) is 28.0 Å². The quantitative estimate of drug-likeness (QED) is 0.256. The van der Waals surface area contributed by atoms with Crippen LogP contribution in [0.5, 0.6) is 11.5 Å². The Kier molecular flexibility index (Phi) is 11.4. The number of nitrogens with one attached hydrogen (secondary N) is 1. The van der Waals surface area contributed by atoms with E-state index in [0.29, 0.717) is 19.4 Å². The van der Waals surface area contributed by atoms with E-state index in [-0.39, 0.29) is 17.4 Å². The molecule has 1 rings (SSSR count). The van der Waals surface area contributed by atoms with Crippen molar-refractivity contribution < 1.29 is 15.0 Å². The number of unbranched alkanes of at least 4 members (excludes halogenated alkanes) is 7. The highest BCUT2D eigenvalue weighted by Crippen LogP contribution is 2.24. The molecule has 0 saturated heterocycles. The molecular weight excluding hydrogens is 370 g/mol. The van der Waals surface area contributed by atoms with E-state index < -0.39 is 0 Å². The van der Waals surface area contributed by atoms with Gasteiger partial charge in [-0.15, -0.1) is 0 Å². The van der Waals surface area contributed by atoms with Gasteiger partial charge in [-0.05, 0) is 37.0 Å². The van der Waals surface area contributed by atoms with Gasteiger partial charge in [0, 0.05) is 18.3 Å². The third-order valence-electron chi connectivity index (χ3n) is 4.06. The van der Waals surface area contributed by atoms with Gasteiger partial charge in [0.05, 0.1) is 0 Å². The average Bonchev–Trinajstić information content (AvgIpc) is 2.56. The Balaban J connectivity index is 1.97. The molecule has 1 aromatic carbocycles. The first-order chi connectivity index (χ1) is 11.6. The van der Waals surface area contributed by atoms with Crippen molar-refractivity contribution in [1.82, 2.24) is 5.32 Å². The first-order valence-electron chi connectivity index (χ1n) is 8.97. The minimum Gasteiger partial charge on any atom is -0.504 e. The van der Waals surface area contributed by atoms with Crippen LogP contribution < -0.4 is 5.32 Å². The number of hydrogen-bond donors (Lipinski definition) is 3. The molecule has 0 fully saturated rings. The molecule has 0 heterocycles. The molecule has 0 aliphatic rings. The Morgan fingerprint density at radius 3 is 2.17 bits per heavy atom. The van der Waals surface area contributed by atoms with Gasteiger partial charge in [-0.2, -0.15) is 0 Å². The van der Waals surface area contributed by atoms with Gasteiger partial charge in [0.15, 0.2) is 11.5 Å². The molecule has 0 saturated carbocycles. The Bertz CT molecular complexity index is 480. The van der Waals surface area contributed by atoms with Crippen LogP contribution >= 0.6 is 15.9 Å². The Morgan fingerprint density at radius 2 is 1.54 bits per heavy atom. The van der Waals surface area contributed by atoms with Crippen molar-refractivity contribution in [3.8, 4) is 11.5 Å². The van der Waals surface area contributed by atoms with Crippen molar-refractivity contribution in [2.24, 2.45) is 0 Å². The van der Waals surface area contributed by atoms with E-state index in [1.54, 1.807) is 6.07 Å². The van der Waals surface area contributed by atoms with Gasteiger partial charge in [0.2, 0.25) is 5.91 Å². The Morgan fingerprint density at radius 1 is 0.917 bits per heavy atom. The van der Waals surface area contributed by atoms with E-state index in [2.05, 4.69) is 21.2 Å². The number of hydrogen-bond acceptors (Lipinski definition) is 3. The third kappa shape index (κ3) is 9.81. The molecule has 0 aliphatic carbocycles. The second kappa shape index (κ2) is 13.1. The number of aromatic hydroxyl groups is 2. The second-order valence-corrected chi connectivity index (χ2v) is 6.98. The summed E-state index contributed by atoms with van der Waals surface area (Å²) in [5.74, 6) is -0.146. The fourth-order valence-electron chi connectivity index (χ4n) is 2.60. The van der Waals surface area contributed by atoms with E-state index in [0.717, 1.165) is 23.7 Å². The number of benzene rings is 1. The van der Waals surface area contributed by atoms with Gasteiger partial charge in [-0.25, -0.2) is 0 Å². The SMILES string of the molecule is O=C(CCCCCCCCCCBr)NCCc1ccc(O)c(O)c1. The molecule has 0 bridgehead atoms. The molecule has 0 aromatic heterocycles. The van der Waals surface area contributed by atoms with Crippen LogP contribution in [0.1, 0.15) is 63.4 Å². The summed E-state index contributed by atoms with van der Waals surface area (Å²) in [5.41, 5.74) is 0.894. The Labute approximate surface area is 153 Å². The topological polar surface area (TPSA) is 69.6 Å². The number of carbonyl (C=O) groups excluding carboxylic acids is 1. The maximum Gasteiger partial charge on any atom is 0.220 e. The number of phenols is 2. The van der Waals surface area contributed by atoms with Gasteiger partial charge in [0.25, 0.3) is 0 Å². The first kappa shape index (κ1) is 20.8. The molecule has 3 N–H and O–H groups in total. The van der Waals surface area contributed by atoms with Crippen LogP contribution in [0.4, 0.5) is 0 Å². The standard InChI is InChI=1S/C19H30BrNO3/c20-13-8-6-4-2-1-3-5-7-9-19(24)21-14-12-16-10-11-17(22)18(23)15-16/h10-11,15,22-23H,1-9,12-14H2,(H,21,24). The highest BCUT2D eigenvalue weighted by atomic mass is 79.9. The third-order valence-corrected chi connectivity index (χ3v) is 4.62. The lowest BCUT2D eigenvalue weighted by molar-refractivity contribution is -0.121. The van der Waals surface area contributed by atoms with Crippen LogP contribution in [0, 0.1) is 0 Å². The molecule has 136 valence electrons.